The van der Waals surface area contributed by atoms with Crippen molar-refractivity contribution in [2.24, 2.45) is 0 Å². The summed E-state index contributed by atoms with van der Waals surface area (Å²) >= 11 is -1.00. The topological polar surface area (TPSA) is 103 Å². The summed E-state index contributed by atoms with van der Waals surface area (Å²) in [6, 6.07) is 10.2. The van der Waals surface area contributed by atoms with Gasteiger partial charge in [-0.05, 0) is 0 Å². The molecule has 2 aromatic carbocycles. The first-order valence-corrected chi connectivity index (χ1v) is 15.0. The molecule has 0 saturated heterocycles. The number of methoxy groups -OCH3 is 1. The Morgan fingerprint density at radius 2 is 1.91 bits per heavy atom. The fourth-order valence-electron chi connectivity index (χ4n) is 3.32. The van der Waals surface area contributed by atoms with E-state index in [2.05, 4.69) is 5.32 Å². The number of carbonyl (C=O) groups is 1. The third-order valence-corrected chi connectivity index (χ3v) is 11.5. The standard InChI is InChI=1S/C23H25AsNO6S/c1-5-7-17-20(30-4)11-8-15-13-18(23(27)31-21(15)17)22(26)25-19-10-9-16(12-14(19)3)24-32(28,29)6-2/h8-13H,5-7H2,1-4H3,(H,25,26). The maximum absolute atomic E-state index is 12.8. The van der Waals surface area contributed by atoms with E-state index < -0.39 is 34.2 Å². The van der Waals surface area contributed by atoms with Crippen LogP contribution >= 0.6 is 0 Å². The Kier molecular flexibility index (Phi) is 7.47. The molecule has 1 radical (unpaired) electrons. The maximum atomic E-state index is 12.8. The Labute approximate surface area is 192 Å². The zero-order valence-electron chi connectivity index (χ0n) is 18.4. The van der Waals surface area contributed by atoms with E-state index in [1.54, 1.807) is 51.3 Å². The molecule has 9 heteroatoms. The third-order valence-electron chi connectivity index (χ3n) is 4.99. The number of carbonyl (C=O) groups excluding carboxylic acids is 1. The number of anilines is 1. The first kappa shape index (κ1) is 24.1. The Balaban J connectivity index is 1.92. The molecule has 1 N–H and O–H groups in total. The molecule has 7 nitrogen and oxygen atoms in total. The molecule has 0 fully saturated rings. The van der Waals surface area contributed by atoms with Crippen molar-refractivity contribution in [3.8, 4) is 5.75 Å². The van der Waals surface area contributed by atoms with E-state index in [1.807, 2.05) is 6.92 Å². The van der Waals surface area contributed by atoms with Crippen LogP contribution in [0.3, 0.4) is 0 Å². The van der Waals surface area contributed by atoms with Crippen molar-refractivity contribution < 1.29 is 22.4 Å². The van der Waals surface area contributed by atoms with Crippen molar-refractivity contribution in [2.75, 3.05) is 18.2 Å². The van der Waals surface area contributed by atoms with Crippen LogP contribution in [-0.2, 0) is 14.5 Å². The number of rotatable bonds is 8. The van der Waals surface area contributed by atoms with E-state index in [-0.39, 0.29) is 11.3 Å². The number of ether oxygens (including phenoxy) is 1. The Morgan fingerprint density at radius 3 is 2.53 bits per heavy atom. The van der Waals surface area contributed by atoms with E-state index >= 15 is 0 Å². The molecule has 0 saturated carbocycles. The molecule has 32 heavy (non-hydrogen) atoms. The van der Waals surface area contributed by atoms with E-state index in [9.17, 15) is 18.0 Å². The molecular formula is C23H25AsNO6S. The molecule has 3 aromatic rings. The molecule has 1 aromatic heterocycles. The molecule has 0 spiro atoms. The van der Waals surface area contributed by atoms with Crippen LogP contribution in [-0.4, -0.2) is 41.8 Å². The normalized spacial score (nSPS) is 11.9. The second-order valence-corrected chi connectivity index (χ2v) is 14.9. The molecule has 0 unspecified atom stereocenters. The van der Waals surface area contributed by atoms with Gasteiger partial charge in [0.2, 0.25) is 0 Å². The molecule has 3 rings (SSSR count). The van der Waals surface area contributed by atoms with E-state index in [0.29, 0.717) is 28.8 Å². The third kappa shape index (κ3) is 5.25. The second-order valence-electron chi connectivity index (χ2n) is 7.28. The minimum absolute atomic E-state index is 0.103. The van der Waals surface area contributed by atoms with Gasteiger partial charge >= 0.3 is 168 Å². The van der Waals surface area contributed by atoms with Crippen LogP contribution in [0.25, 0.3) is 11.0 Å². The van der Waals surface area contributed by atoms with Gasteiger partial charge in [-0.1, -0.05) is 13.3 Å². The molecule has 0 aliphatic heterocycles. The number of amides is 1. The first-order chi connectivity index (χ1) is 15.2. The van der Waals surface area contributed by atoms with Gasteiger partial charge in [-0.15, -0.1) is 0 Å². The number of hydrogen-bond acceptors (Lipinski definition) is 6. The summed E-state index contributed by atoms with van der Waals surface area (Å²) in [6.45, 7) is 5.43. The van der Waals surface area contributed by atoms with Gasteiger partial charge in [0.15, 0.2) is 0 Å². The Bertz CT molecular complexity index is 1330. The van der Waals surface area contributed by atoms with Crippen molar-refractivity contribution in [1.29, 1.82) is 0 Å². The van der Waals surface area contributed by atoms with E-state index in [4.69, 9.17) is 9.15 Å². The van der Waals surface area contributed by atoms with Gasteiger partial charge in [0.25, 0.3) is 0 Å². The van der Waals surface area contributed by atoms with Crippen molar-refractivity contribution in [3.63, 3.8) is 0 Å². The van der Waals surface area contributed by atoms with Gasteiger partial charge in [0.1, 0.15) is 0 Å². The summed E-state index contributed by atoms with van der Waals surface area (Å²) < 4.78 is 35.5. The van der Waals surface area contributed by atoms with Crippen LogP contribution in [0.4, 0.5) is 5.69 Å². The molecule has 0 aliphatic rings. The predicted octanol–water partition coefficient (Wildman–Crippen LogP) is 2.99. The van der Waals surface area contributed by atoms with Gasteiger partial charge in [-0.3, -0.25) is 0 Å². The van der Waals surface area contributed by atoms with Crippen LogP contribution in [0.15, 0.2) is 45.6 Å². The number of aryl methyl sites for hydroxylation is 2. The van der Waals surface area contributed by atoms with Crippen molar-refractivity contribution >= 4 is 49.6 Å². The van der Waals surface area contributed by atoms with Crippen LogP contribution in [0.1, 0.15) is 41.8 Å². The van der Waals surface area contributed by atoms with Gasteiger partial charge in [-0.2, -0.15) is 0 Å². The average molecular weight is 518 g/mol. The second kappa shape index (κ2) is 9.92. The van der Waals surface area contributed by atoms with Gasteiger partial charge in [-0.25, -0.2) is 0 Å². The zero-order chi connectivity index (χ0) is 23.5. The number of nitrogens with one attached hydrogen (secondary N) is 1. The van der Waals surface area contributed by atoms with Gasteiger partial charge in [0, 0.05) is 0 Å². The van der Waals surface area contributed by atoms with Gasteiger partial charge < -0.3 is 4.74 Å². The Morgan fingerprint density at radius 1 is 1.16 bits per heavy atom. The van der Waals surface area contributed by atoms with Crippen LogP contribution in [0.2, 0.25) is 0 Å². The molecule has 169 valence electrons. The monoisotopic (exact) mass is 518 g/mol. The summed E-state index contributed by atoms with van der Waals surface area (Å²) in [6.07, 6.45) is 1.52. The van der Waals surface area contributed by atoms with Crippen molar-refractivity contribution in [3.05, 3.63) is 63.5 Å². The summed E-state index contributed by atoms with van der Waals surface area (Å²) in [5.41, 5.74) is 1.62. The number of hydrogen-bond donors (Lipinski definition) is 1. The average Bonchev–Trinajstić information content (AvgIpc) is 2.75. The molecule has 0 aliphatic carbocycles. The van der Waals surface area contributed by atoms with Crippen molar-refractivity contribution in [1.82, 2.24) is 0 Å². The summed E-state index contributed by atoms with van der Waals surface area (Å²) in [7, 11) is -1.50. The fraction of sp³-hybridized carbons (Fsp3) is 0.304. The molecule has 0 bridgehead atoms. The van der Waals surface area contributed by atoms with Gasteiger partial charge in [0.05, 0.1) is 7.11 Å². The quantitative estimate of drug-likeness (QED) is 0.364. The molecular weight excluding hydrogens is 493 g/mol. The SMILES string of the molecule is CCCc1c(OC)ccc2cc(C(=O)Nc3ccc([As]S(=O)(=O)CC)cc3C)c(=O)oc12. The van der Waals surface area contributed by atoms with Crippen LogP contribution in [0.5, 0.6) is 5.75 Å². The summed E-state index contributed by atoms with van der Waals surface area (Å²) in [4.78, 5) is 25.5. The van der Waals surface area contributed by atoms with E-state index in [0.717, 1.165) is 21.9 Å². The Hall–Kier alpha value is -2.57. The van der Waals surface area contributed by atoms with Crippen LogP contribution in [0, 0.1) is 6.92 Å². The van der Waals surface area contributed by atoms with E-state index in [1.165, 1.54) is 6.07 Å². The molecule has 1 heterocycles. The predicted molar refractivity (Wildman–Crippen MR) is 127 cm³/mol. The number of fused-ring (bicyclic) bond motifs is 1. The summed E-state index contributed by atoms with van der Waals surface area (Å²) in [5, 5.41) is 3.37. The minimum atomic E-state index is -3.06. The molecule has 1 amide bonds. The zero-order valence-corrected chi connectivity index (χ0v) is 21.1. The van der Waals surface area contributed by atoms with Crippen molar-refractivity contribution in [2.45, 2.75) is 33.6 Å². The number of benzene rings is 2. The first-order valence-electron chi connectivity index (χ1n) is 10.2. The molecule has 0 atom stereocenters. The van der Waals surface area contributed by atoms with Crippen LogP contribution < -0.4 is 20.0 Å². The fourth-order valence-corrected chi connectivity index (χ4v) is 8.00. The summed E-state index contributed by atoms with van der Waals surface area (Å²) in [5.74, 6) is 0.162.